The predicted molar refractivity (Wildman–Crippen MR) is 52.1 cm³/mol. The zero-order valence-corrected chi connectivity index (χ0v) is 9.09. The molecule has 14 heavy (non-hydrogen) atoms. The minimum absolute atomic E-state index is 0.0976. The lowest BCUT2D eigenvalue weighted by molar-refractivity contribution is 0.0964. The lowest BCUT2D eigenvalue weighted by atomic mass is 10.2. The predicted octanol–water partition coefficient (Wildman–Crippen LogP) is 1.20. The summed E-state index contributed by atoms with van der Waals surface area (Å²) in [6, 6.07) is 3.11. The summed E-state index contributed by atoms with van der Waals surface area (Å²) in [5, 5.41) is -1.05. The van der Waals surface area contributed by atoms with Gasteiger partial charge < -0.3 is 4.42 Å². The minimum atomic E-state index is -3.35. The SMILES string of the molecule is Cc1ccc(C(=O)C(C)S(C)(=O)=O)o1. The molecule has 1 unspecified atom stereocenters. The Morgan fingerprint density at radius 3 is 2.36 bits per heavy atom. The number of hydrogen-bond acceptors (Lipinski definition) is 4. The Morgan fingerprint density at radius 1 is 1.43 bits per heavy atom. The van der Waals surface area contributed by atoms with Crippen LogP contribution >= 0.6 is 0 Å². The van der Waals surface area contributed by atoms with Gasteiger partial charge in [-0.15, -0.1) is 0 Å². The second-order valence-corrected chi connectivity index (χ2v) is 5.61. The molecule has 0 aliphatic carbocycles. The molecule has 0 amide bonds. The van der Waals surface area contributed by atoms with Gasteiger partial charge in [0, 0.05) is 6.26 Å². The second-order valence-electron chi connectivity index (χ2n) is 3.25. The first-order valence-corrected chi connectivity index (χ1v) is 6.07. The van der Waals surface area contributed by atoms with Gasteiger partial charge in [-0.25, -0.2) is 8.42 Å². The summed E-state index contributed by atoms with van der Waals surface area (Å²) in [6.45, 7) is 3.05. The third kappa shape index (κ3) is 2.23. The van der Waals surface area contributed by atoms with Gasteiger partial charge >= 0.3 is 0 Å². The van der Waals surface area contributed by atoms with Crippen LogP contribution in [0.25, 0.3) is 0 Å². The molecule has 1 aromatic rings. The summed E-state index contributed by atoms with van der Waals surface area (Å²) < 4.78 is 27.2. The first-order chi connectivity index (χ1) is 6.32. The number of hydrogen-bond donors (Lipinski definition) is 0. The van der Waals surface area contributed by atoms with Crippen LogP contribution in [0.3, 0.4) is 0 Å². The molecule has 0 bridgehead atoms. The van der Waals surface area contributed by atoms with Crippen molar-refractivity contribution in [3.63, 3.8) is 0 Å². The average Bonchev–Trinajstić information content (AvgIpc) is 2.47. The van der Waals surface area contributed by atoms with Crippen molar-refractivity contribution >= 4 is 15.6 Å². The smallest absolute Gasteiger partial charge is 0.215 e. The van der Waals surface area contributed by atoms with E-state index in [1.54, 1.807) is 13.0 Å². The molecule has 0 aliphatic heterocycles. The zero-order valence-electron chi connectivity index (χ0n) is 8.27. The van der Waals surface area contributed by atoms with Crippen molar-refractivity contribution in [1.82, 2.24) is 0 Å². The molecule has 1 rings (SSSR count). The van der Waals surface area contributed by atoms with E-state index in [1.807, 2.05) is 0 Å². The van der Waals surface area contributed by atoms with Crippen LogP contribution < -0.4 is 0 Å². The van der Waals surface area contributed by atoms with Gasteiger partial charge in [-0.05, 0) is 26.0 Å². The van der Waals surface area contributed by atoms with Crippen molar-refractivity contribution in [3.05, 3.63) is 23.7 Å². The highest BCUT2D eigenvalue weighted by atomic mass is 32.2. The maximum atomic E-state index is 11.5. The molecule has 0 radical (unpaired) electrons. The highest BCUT2D eigenvalue weighted by molar-refractivity contribution is 7.92. The number of ketones is 1. The molecular formula is C9H12O4S. The van der Waals surface area contributed by atoms with Crippen LogP contribution in [0.15, 0.2) is 16.5 Å². The van der Waals surface area contributed by atoms with Crippen LogP contribution in [0.2, 0.25) is 0 Å². The largest absolute Gasteiger partial charge is 0.458 e. The van der Waals surface area contributed by atoms with E-state index in [-0.39, 0.29) is 5.76 Å². The van der Waals surface area contributed by atoms with Gasteiger partial charge in [-0.3, -0.25) is 4.79 Å². The van der Waals surface area contributed by atoms with Crippen LogP contribution in [0.1, 0.15) is 23.2 Å². The van der Waals surface area contributed by atoms with E-state index < -0.39 is 20.9 Å². The molecule has 0 spiro atoms. The molecule has 4 nitrogen and oxygen atoms in total. The van der Waals surface area contributed by atoms with Gasteiger partial charge in [-0.1, -0.05) is 0 Å². The van der Waals surface area contributed by atoms with E-state index in [1.165, 1.54) is 13.0 Å². The number of Topliss-reactive ketones (excluding diaryl/α,β-unsaturated/α-hetero) is 1. The fraction of sp³-hybridized carbons (Fsp3) is 0.444. The number of carbonyl (C=O) groups is 1. The molecule has 1 heterocycles. The van der Waals surface area contributed by atoms with Gasteiger partial charge in [0.2, 0.25) is 5.78 Å². The Morgan fingerprint density at radius 2 is 2.00 bits per heavy atom. The van der Waals surface area contributed by atoms with E-state index >= 15 is 0 Å². The summed E-state index contributed by atoms with van der Waals surface area (Å²) in [6.07, 6.45) is 1.03. The number of aryl methyl sites for hydroxylation is 1. The van der Waals surface area contributed by atoms with E-state index in [0.717, 1.165) is 6.26 Å². The first-order valence-electron chi connectivity index (χ1n) is 4.12. The second kappa shape index (κ2) is 3.57. The molecule has 1 atom stereocenters. The van der Waals surface area contributed by atoms with E-state index in [4.69, 9.17) is 4.42 Å². The quantitative estimate of drug-likeness (QED) is 0.712. The van der Waals surface area contributed by atoms with Crippen LogP contribution in [0.4, 0.5) is 0 Å². The van der Waals surface area contributed by atoms with Crippen LogP contribution in [-0.2, 0) is 9.84 Å². The number of rotatable bonds is 3. The molecule has 0 N–H and O–H groups in total. The van der Waals surface area contributed by atoms with E-state index in [0.29, 0.717) is 5.76 Å². The Bertz CT molecular complexity index is 441. The monoisotopic (exact) mass is 216 g/mol. The van der Waals surface area contributed by atoms with Crippen molar-refractivity contribution in [3.8, 4) is 0 Å². The Labute approximate surface area is 82.8 Å². The minimum Gasteiger partial charge on any atom is -0.458 e. The molecule has 5 heteroatoms. The average molecular weight is 216 g/mol. The van der Waals surface area contributed by atoms with Crippen LogP contribution in [-0.4, -0.2) is 25.7 Å². The van der Waals surface area contributed by atoms with Gasteiger partial charge in [-0.2, -0.15) is 0 Å². The van der Waals surface area contributed by atoms with Crippen molar-refractivity contribution in [2.75, 3.05) is 6.26 Å². The Kier molecular flexibility index (Phi) is 2.80. The van der Waals surface area contributed by atoms with E-state index in [2.05, 4.69) is 0 Å². The van der Waals surface area contributed by atoms with Gasteiger partial charge in [0.15, 0.2) is 15.6 Å². The fourth-order valence-corrected chi connectivity index (χ4v) is 1.47. The van der Waals surface area contributed by atoms with E-state index in [9.17, 15) is 13.2 Å². The van der Waals surface area contributed by atoms with Crippen LogP contribution in [0.5, 0.6) is 0 Å². The topological polar surface area (TPSA) is 64.3 Å². The molecule has 0 aromatic carbocycles. The fourth-order valence-electron chi connectivity index (χ4n) is 0.962. The van der Waals surface area contributed by atoms with Crippen molar-refractivity contribution in [1.29, 1.82) is 0 Å². The van der Waals surface area contributed by atoms with Gasteiger partial charge in [0.05, 0.1) is 0 Å². The molecule has 0 fully saturated rings. The number of carbonyl (C=O) groups excluding carboxylic acids is 1. The lowest BCUT2D eigenvalue weighted by Crippen LogP contribution is -2.25. The molecule has 78 valence electrons. The molecule has 0 saturated carbocycles. The third-order valence-electron chi connectivity index (χ3n) is 1.99. The third-order valence-corrected chi connectivity index (χ3v) is 3.49. The maximum Gasteiger partial charge on any atom is 0.215 e. The summed E-state index contributed by atoms with van der Waals surface area (Å²) in [7, 11) is -3.35. The Hall–Kier alpha value is -1.10. The molecular weight excluding hydrogens is 204 g/mol. The zero-order chi connectivity index (χ0) is 10.9. The maximum absolute atomic E-state index is 11.5. The van der Waals surface area contributed by atoms with Crippen molar-refractivity contribution in [2.24, 2.45) is 0 Å². The highest BCUT2D eigenvalue weighted by Gasteiger charge is 2.26. The standard InChI is InChI=1S/C9H12O4S/c1-6-4-5-8(13-6)9(10)7(2)14(3,11)12/h4-5,7H,1-3H3. The molecule has 0 saturated heterocycles. The van der Waals surface area contributed by atoms with Crippen molar-refractivity contribution in [2.45, 2.75) is 19.1 Å². The molecule has 0 aliphatic rings. The highest BCUT2D eigenvalue weighted by Crippen LogP contribution is 2.12. The number of sulfone groups is 1. The number of furan rings is 1. The summed E-state index contributed by atoms with van der Waals surface area (Å²) in [4.78, 5) is 11.5. The summed E-state index contributed by atoms with van der Waals surface area (Å²) in [5.74, 6) is 0.190. The van der Waals surface area contributed by atoms with Crippen molar-refractivity contribution < 1.29 is 17.6 Å². The lowest BCUT2D eigenvalue weighted by Gasteiger charge is -2.04. The summed E-state index contributed by atoms with van der Waals surface area (Å²) >= 11 is 0. The summed E-state index contributed by atoms with van der Waals surface area (Å²) in [5.41, 5.74) is 0. The molecule has 1 aromatic heterocycles. The Balaban J connectivity index is 2.98. The van der Waals surface area contributed by atoms with Crippen LogP contribution in [0, 0.1) is 6.92 Å². The first kappa shape index (κ1) is 11.0. The van der Waals surface area contributed by atoms with Gasteiger partial charge in [0.1, 0.15) is 11.0 Å². The van der Waals surface area contributed by atoms with Gasteiger partial charge in [0.25, 0.3) is 0 Å². The normalized spacial score (nSPS) is 13.9.